The van der Waals surface area contributed by atoms with Crippen molar-refractivity contribution in [1.29, 1.82) is 0 Å². The highest BCUT2D eigenvalue weighted by Crippen LogP contribution is 2.28. The normalized spacial score (nSPS) is 11.0. The van der Waals surface area contributed by atoms with Crippen molar-refractivity contribution in [2.24, 2.45) is 5.84 Å². The number of aryl methyl sites for hydroxylation is 1. The van der Waals surface area contributed by atoms with Gasteiger partial charge in [-0.05, 0) is 25.0 Å². The molecule has 1 amide bonds. The number of aromatic nitrogens is 4. The summed E-state index contributed by atoms with van der Waals surface area (Å²) >= 11 is 0. The summed E-state index contributed by atoms with van der Waals surface area (Å²) in [5.41, 5.74) is 3.82. The molecule has 2 heterocycles. The quantitative estimate of drug-likeness (QED) is 0.307. The smallest absolute Gasteiger partial charge is 0.279 e. The Hall–Kier alpha value is -3.20. The molecule has 148 valence electrons. The first-order chi connectivity index (χ1) is 13.6. The van der Waals surface area contributed by atoms with Crippen LogP contribution < -0.4 is 21.6 Å². The predicted octanol–water partition coefficient (Wildman–Crippen LogP) is 1.52. The van der Waals surface area contributed by atoms with Crippen LogP contribution >= 0.6 is 0 Å². The Bertz CT molecular complexity index is 1040. The fourth-order valence-corrected chi connectivity index (χ4v) is 2.99. The van der Waals surface area contributed by atoms with Crippen LogP contribution in [0.5, 0.6) is 5.75 Å². The lowest BCUT2D eigenvalue weighted by molar-refractivity contribution is -0.121. The Kier molecular flexibility index (Phi) is 6.05. The molecule has 0 atom stereocenters. The molecule has 0 aliphatic carbocycles. The zero-order valence-electron chi connectivity index (χ0n) is 16.0. The fourth-order valence-electron chi connectivity index (χ4n) is 2.99. The maximum absolute atomic E-state index is 12.7. The standard InChI is InChI=1S/C19H24N6O3/c1-3-7-13-16-17(24-25(13)11-15(26)23-20)19(27)22-18(21-16)12-8-5-6-9-14(12)28-10-4-2/h5-6,8-9H,3-4,7,10-11,20H2,1-2H3,(H,23,26)(H,21,22,27). The van der Waals surface area contributed by atoms with E-state index in [0.29, 0.717) is 35.7 Å². The number of rotatable bonds is 8. The van der Waals surface area contributed by atoms with Crippen molar-refractivity contribution in [2.45, 2.75) is 39.7 Å². The Morgan fingerprint density at radius 3 is 2.75 bits per heavy atom. The molecule has 4 N–H and O–H groups in total. The summed E-state index contributed by atoms with van der Waals surface area (Å²) in [7, 11) is 0. The second-order valence-electron chi connectivity index (χ2n) is 6.38. The second kappa shape index (κ2) is 8.66. The van der Waals surface area contributed by atoms with E-state index in [1.807, 2.05) is 38.1 Å². The summed E-state index contributed by atoms with van der Waals surface area (Å²) in [5.74, 6) is 5.84. The second-order valence-corrected chi connectivity index (χ2v) is 6.38. The van der Waals surface area contributed by atoms with Crippen molar-refractivity contribution >= 4 is 16.9 Å². The molecule has 3 rings (SSSR count). The maximum Gasteiger partial charge on any atom is 0.279 e. The van der Waals surface area contributed by atoms with Crippen LogP contribution in [0.3, 0.4) is 0 Å². The molecule has 1 aromatic carbocycles. The van der Waals surface area contributed by atoms with Gasteiger partial charge in [0.15, 0.2) is 5.52 Å². The van der Waals surface area contributed by atoms with E-state index in [-0.39, 0.29) is 17.6 Å². The minimum absolute atomic E-state index is 0.0762. The molecule has 0 radical (unpaired) electrons. The lowest BCUT2D eigenvalue weighted by Crippen LogP contribution is -2.34. The molecule has 0 unspecified atom stereocenters. The van der Waals surface area contributed by atoms with Gasteiger partial charge in [-0.25, -0.2) is 10.8 Å². The van der Waals surface area contributed by atoms with Gasteiger partial charge in [-0.2, -0.15) is 5.10 Å². The molecule has 9 heteroatoms. The zero-order valence-corrected chi connectivity index (χ0v) is 16.0. The highest BCUT2D eigenvalue weighted by atomic mass is 16.5. The summed E-state index contributed by atoms with van der Waals surface area (Å²) in [4.78, 5) is 31.9. The number of ether oxygens (including phenoxy) is 1. The van der Waals surface area contributed by atoms with Crippen molar-refractivity contribution in [2.75, 3.05) is 6.61 Å². The summed E-state index contributed by atoms with van der Waals surface area (Å²) in [6.07, 6.45) is 2.30. The lowest BCUT2D eigenvalue weighted by Gasteiger charge is -2.10. The van der Waals surface area contributed by atoms with Gasteiger partial charge < -0.3 is 9.72 Å². The number of carbonyl (C=O) groups is 1. The summed E-state index contributed by atoms with van der Waals surface area (Å²) in [6.45, 7) is 4.52. The third-order valence-corrected chi connectivity index (χ3v) is 4.25. The highest BCUT2D eigenvalue weighted by Gasteiger charge is 2.19. The molecule has 0 fully saturated rings. The van der Waals surface area contributed by atoms with E-state index < -0.39 is 5.91 Å². The van der Waals surface area contributed by atoms with Gasteiger partial charge in [0.05, 0.1) is 17.9 Å². The van der Waals surface area contributed by atoms with Crippen LogP contribution in [0.25, 0.3) is 22.4 Å². The van der Waals surface area contributed by atoms with Gasteiger partial charge in [-0.3, -0.25) is 19.7 Å². The average Bonchev–Trinajstić information content (AvgIpc) is 3.04. The molecule has 3 aromatic rings. The number of amides is 1. The van der Waals surface area contributed by atoms with E-state index in [4.69, 9.17) is 10.6 Å². The third-order valence-electron chi connectivity index (χ3n) is 4.25. The highest BCUT2D eigenvalue weighted by molar-refractivity contribution is 5.81. The summed E-state index contributed by atoms with van der Waals surface area (Å²) in [6, 6.07) is 7.43. The van der Waals surface area contributed by atoms with Crippen LogP contribution in [-0.2, 0) is 17.8 Å². The molecular formula is C19H24N6O3. The number of nitrogens with two attached hydrogens (primary N) is 1. The van der Waals surface area contributed by atoms with E-state index >= 15 is 0 Å². The number of nitrogens with zero attached hydrogens (tertiary/aromatic N) is 3. The number of hydrogen-bond donors (Lipinski definition) is 3. The van der Waals surface area contributed by atoms with Crippen molar-refractivity contribution in [3.8, 4) is 17.1 Å². The minimum atomic E-state index is -0.403. The number of aromatic amines is 1. The van der Waals surface area contributed by atoms with Crippen molar-refractivity contribution in [3.05, 3.63) is 40.3 Å². The van der Waals surface area contributed by atoms with Crippen LogP contribution in [-0.4, -0.2) is 32.3 Å². The summed E-state index contributed by atoms with van der Waals surface area (Å²) < 4.78 is 7.28. The topological polar surface area (TPSA) is 128 Å². The van der Waals surface area contributed by atoms with Gasteiger partial charge in [-0.15, -0.1) is 0 Å². The van der Waals surface area contributed by atoms with E-state index in [0.717, 1.165) is 18.5 Å². The Morgan fingerprint density at radius 2 is 2.04 bits per heavy atom. The Labute approximate surface area is 161 Å². The molecule has 0 saturated heterocycles. The van der Waals surface area contributed by atoms with Crippen molar-refractivity contribution < 1.29 is 9.53 Å². The monoisotopic (exact) mass is 384 g/mol. The Morgan fingerprint density at radius 1 is 1.25 bits per heavy atom. The van der Waals surface area contributed by atoms with Gasteiger partial charge in [0.1, 0.15) is 23.6 Å². The zero-order chi connectivity index (χ0) is 20.1. The van der Waals surface area contributed by atoms with Crippen LogP contribution in [0.4, 0.5) is 0 Å². The maximum atomic E-state index is 12.7. The fraction of sp³-hybridized carbons (Fsp3) is 0.368. The molecule has 0 saturated carbocycles. The van der Waals surface area contributed by atoms with Crippen molar-refractivity contribution in [3.63, 3.8) is 0 Å². The number of carbonyl (C=O) groups excluding carboxylic acids is 1. The Balaban J connectivity index is 2.16. The van der Waals surface area contributed by atoms with Crippen molar-refractivity contribution in [1.82, 2.24) is 25.2 Å². The molecule has 2 aromatic heterocycles. The number of nitrogens with one attached hydrogen (secondary N) is 2. The SMILES string of the molecule is CCCOc1ccccc1-c1nc2c(CCC)n(CC(=O)NN)nc2c(=O)[nH]1. The predicted molar refractivity (Wildman–Crippen MR) is 106 cm³/mol. The first-order valence-electron chi connectivity index (χ1n) is 9.30. The number of H-pyrrole nitrogens is 1. The van der Waals surface area contributed by atoms with Crippen LogP contribution in [0.1, 0.15) is 32.4 Å². The molecule has 28 heavy (non-hydrogen) atoms. The van der Waals surface area contributed by atoms with Gasteiger partial charge in [0.25, 0.3) is 11.5 Å². The molecular weight excluding hydrogens is 360 g/mol. The number of fused-ring (bicyclic) bond motifs is 1. The minimum Gasteiger partial charge on any atom is -0.493 e. The molecule has 9 nitrogen and oxygen atoms in total. The number of hydrazine groups is 1. The third kappa shape index (κ3) is 3.89. The first kappa shape index (κ1) is 19.6. The lowest BCUT2D eigenvalue weighted by atomic mass is 10.1. The van der Waals surface area contributed by atoms with Crippen LogP contribution in [0, 0.1) is 0 Å². The van der Waals surface area contributed by atoms with E-state index in [2.05, 4.69) is 20.5 Å². The van der Waals surface area contributed by atoms with Gasteiger partial charge in [0, 0.05) is 0 Å². The number of benzene rings is 1. The van der Waals surface area contributed by atoms with Gasteiger partial charge in [-0.1, -0.05) is 32.4 Å². The molecule has 0 bridgehead atoms. The molecule has 0 aliphatic heterocycles. The van der Waals surface area contributed by atoms with Crippen LogP contribution in [0.15, 0.2) is 29.1 Å². The first-order valence-corrected chi connectivity index (χ1v) is 9.30. The molecule has 0 spiro atoms. The largest absolute Gasteiger partial charge is 0.493 e. The van der Waals surface area contributed by atoms with E-state index in [1.54, 1.807) is 0 Å². The van der Waals surface area contributed by atoms with Gasteiger partial charge >= 0.3 is 0 Å². The van der Waals surface area contributed by atoms with E-state index in [9.17, 15) is 9.59 Å². The van der Waals surface area contributed by atoms with Gasteiger partial charge in [0.2, 0.25) is 0 Å². The summed E-state index contributed by atoms with van der Waals surface area (Å²) in [5, 5.41) is 4.29. The molecule has 0 aliphatic rings. The number of hydrogen-bond acceptors (Lipinski definition) is 6. The average molecular weight is 384 g/mol. The number of para-hydroxylation sites is 1. The van der Waals surface area contributed by atoms with E-state index in [1.165, 1.54) is 4.68 Å². The van der Waals surface area contributed by atoms with Crippen LogP contribution in [0.2, 0.25) is 0 Å².